The van der Waals surface area contributed by atoms with E-state index in [0.717, 1.165) is 21.9 Å². The summed E-state index contributed by atoms with van der Waals surface area (Å²) in [6, 6.07) is 67.4. The summed E-state index contributed by atoms with van der Waals surface area (Å²) in [5.41, 5.74) is 6.58. The van der Waals surface area contributed by atoms with Gasteiger partial charge in [-0.3, -0.25) is 0 Å². The molecule has 258 valence electrons. The molecule has 2 heterocycles. The number of furan rings is 1. The van der Waals surface area contributed by atoms with Crippen molar-refractivity contribution in [3.8, 4) is 22.3 Å². The Bertz CT molecular complexity index is 3820. The standard InChI is InChI=1S/C54H30OS/c1-2-8-32-24-40-25-35(13-14-36(40)23-31(32)7-1)38-16-21-50-47(27-38)48-28-39(17-22-51(48)55-50)37-15-18-44-46(26-37)42-12-6-5-11-41(42)43-19-20-45-49-29-33-9-3-4-10-34(33)30-52(49)56-54(45)53(43)44/h1-30H. The van der Waals surface area contributed by atoms with E-state index in [2.05, 4.69) is 182 Å². The van der Waals surface area contributed by atoms with Crippen LogP contribution in [-0.4, -0.2) is 0 Å². The Hall–Kier alpha value is -7.00. The van der Waals surface area contributed by atoms with Gasteiger partial charge in [0.1, 0.15) is 11.2 Å². The number of benzene rings is 11. The van der Waals surface area contributed by atoms with Gasteiger partial charge in [0.2, 0.25) is 0 Å². The molecule has 0 amide bonds. The molecule has 0 radical (unpaired) electrons. The summed E-state index contributed by atoms with van der Waals surface area (Å²) >= 11 is 1.92. The van der Waals surface area contributed by atoms with Gasteiger partial charge in [0.15, 0.2) is 0 Å². The van der Waals surface area contributed by atoms with Crippen LogP contribution in [0, 0.1) is 0 Å². The second kappa shape index (κ2) is 11.3. The first-order chi connectivity index (χ1) is 27.7. The van der Waals surface area contributed by atoms with Gasteiger partial charge in [0.25, 0.3) is 0 Å². The lowest BCUT2D eigenvalue weighted by Crippen LogP contribution is -1.85. The maximum absolute atomic E-state index is 6.42. The molecule has 0 saturated heterocycles. The van der Waals surface area contributed by atoms with Crippen LogP contribution in [0.3, 0.4) is 0 Å². The molecule has 11 aromatic carbocycles. The monoisotopic (exact) mass is 726 g/mol. The van der Waals surface area contributed by atoms with E-state index in [0.29, 0.717) is 0 Å². The minimum absolute atomic E-state index is 0.905. The van der Waals surface area contributed by atoms with Crippen molar-refractivity contribution in [2.45, 2.75) is 0 Å². The SMILES string of the molecule is c1ccc2cc3cc(-c4ccc5oc6ccc(-c7ccc8c(c7)c7ccccc7c7ccc9c%10cc%11ccccc%11cc%10sc9c78)cc6c5c4)ccc3cc2c1. The molecule has 13 aromatic rings. The number of rotatable bonds is 2. The van der Waals surface area contributed by atoms with Gasteiger partial charge in [-0.2, -0.15) is 0 Å². The van der Waals surface area contributed by atoms with Gasteiger partial charge in [-0.05, 0) is 142 Å². The third-order valence-electron chi connectivity index (χ3n) is 12.1. The predicted octanol–water partition coefficient (Wildman–Crippen LogP) is 16.2. The molecule has 1 nitrogen and oxygen atoms in total. The number of hydrogen-bond donors (Lipinski definition) is 0. The summed E-state index contributed by atoms with van der Waals surface area (Å²) < 4.78 is 9.12. The zero-order valence-electron chi connectivity index (χ0n) is 30.1. The minimum atomic E-state index is 0.905. The Morgan fingerprint density at radius 2 is 0.768 bits per heavy atom. The maximum atomic E-state index is 6.42. The van der Waals surface area contributed by atoms with Crippen molar-refractivity contribution < 1.29 is 4.42 Å². The molecular weight excluding hydrogens is 697 g/mol. The average Bonchev–Trinajstić information content (AvgIpc) is 3.81. The van der Waals surface area contributed by atoms with Crippen LogP contribution in [0.5, 0.6) is 0 Å². The van der Waals surface area contributed by atoms with Gasteiger partial charge < -0.3 is 4.42 Å². The first kappa shape index (κ1) is 30.3. The molecular formula is C54H30OS. The lowest BCUT2D eigenvalue weighted by molar-refractivity contribution is 0.669. The summed E-state index contributed by atoms with van der Waals surface area (Å²) in [6.45, 7) is 0. The number of thiophene rings is 1. The quantitative estimate of drug-likeness (QED) is 0.128. The topological polar surface area (TPSA) is 13.1 Å². The van der Waals surface area contributed by atoms with Crippen LogP contribution in [0.15, 0.2) is 186 Å². The molecule has 0 spiro atoms. The van der Waals surface area contributed by atoms with Crippen LogP contribution in [0.2, 0.25) is 0 Å². The van der Waals surface area contributed by atoms with E-state index in [-0.39, 0.29) is 0 Å². The lowest BCUT2D eigenvalue weighted by atomic mass is 9.91. The number of hydrogen-bond acceptors (Lipinski definition) is 2. The Labute approximate surface area is 325 Å². The fourth-order valence-electron chi connectivity index (χ4n) is 9.39. The Balaban J connectivity index is 0.986. The molecule has 2 aromatic heterocycles. The molecule has 0 aliphatic carbocycles. The van der Waals surface area contributed by atoms with Gasteiger partial charge in [-0.1, -0.05) is 121 Å². The zero-order chi connectivity index (χ0) is 36.5. The molecule has 0 aliphatic rings. The molecule has 0 aliphatic heterocycles. The molecule has 0 N–H and O–H groups in total. The average molecular weight is 727 g/mol. The molecule has 56 heavy (non-hydrogen) atoms. The fourth-order valence-corrected chi connectivity index (χ4v) is 10.7. The van der Waals surface area contributed by atoms with E-state index in [1.807, 2.05) is 11.3 Å². The van der Waals surface area contributed by atoms with E-state index in [1.165, 1.54) is 107 Å². The first-order valence-electron chi connectivity index (χ1n) is 19.2. The summed E-state index contributed by atoms with van der Waals surface area (Å²) in [5.74, 6) is 0. The second-order valence-electron chi connectivity index (χ2n) is 15.3. The lowest BCUT2D eigenvalue weighted by Gasteiger charge is -2.13. The van der Waals surface area contributed by atoms with Crippen LogP contribution < -0.4 is 0 Å². The molecule has 2 heteroatoms. The molecule has 0 atom stereocenters. The van der Waals surface area contributed by atoms with Crippen LogP contribution in [0.1, 0.15) is 0 Å². The maximum Gasteiger partial charge on any atom is 0.135 e. The third kappa shape index (κ3) is 4.36. The van der Waals surface area contributed by atoms with Crippen molar-refractivity contribution in [3.05, 3.63) is 182 Å². The second-order valence-corrected chi connectivity index (χ2v) is 16.3. The Morgan fingerprint density at radius 1 is 0.286 bits per heavy atom. The summed E-state index contributed by atoms with van der Waals surface area (Å²) in [7, 11) is 0. The van der Waals surface area contributed by atoms with Crippen LogP contribution in [0.25, 0.3) is 129 Å². The summed E-state index contributed by atoms with van der Waals surface area (Å²) in [5, 5.41) is 20.4. The zero-order valence-corrected chi connectivity index (χ0v) is 31.0. The van der Waals surface area contributed by atoms with Gasteiger partial charge >= 0.3 is 0 Å². The molecule has 0 saturated carbocycles. The highest BCUT2D eigenvalue weighted by atomic mass is 32.1. The normalized spacial score (nSPS) is 12.3. The van der Waals surface area contributed by atoms with Crippen LogP contribution in [-0.2, 0) is 0 Å². The van der Waals surface area contributed by atoms with Crippen molar-refractivity contribution in [1.82, 2.24) is 0 Å². The summed E-state index contributed by atoms with van der Waals surface area (Å²) in [6.07, 6.45) is 0. The molecule has 0 unspecified atom stereocenters. The van der Waals surface area contributed by atoms with Crippen molar-refractivity contribution in [2.75, 3.05) is 0 Å². The highest BCUT2D eigenvalue weighted by Gasteiger charge is 2.17. The third-order valence-corrected chi connectivity index (χ3v) is 13.3. The van der Waals surface area contributed by atoms with Gasteiger partial charge in [0.05, 0.1) is 0 Å². The van der Waals surface area contributed by atoms with E-state index in [9.17, 15) is 0 Å². The van der Waals surface area contributed by atoms with Gasteiger partial charge in [-0.15, -0.1) is 11.3 Å². The van der Waals surface area contributed by atoms with E-state index < -0.39 is 0 Å². The van der Waals surface area contributed by atoms with Crippen LogP contribution >= 0.6 is 11.3 Å². The summed E-state index contributed by atoms with van der Waals surface area (Å²) in [4.78, 5) is 0. The minimum Gasteiger partial charge on any atom is -0.456 e. The largest absolute Gasteiger partial charge is 0.456 e. The first-order valence-corrected chi connectivity index (χ1v) is 20.0. The van der Waals surface area contributed by atoms with Gasteiger partial charge in [0, 0.05) is 36.3 Å². The Morgan fingerprint density at radius 3 is 1.48 bits per heavy atom. The van der Waals surface area contributed by atoms with Crippen molar-refractivity contribution in [1.29, 1.82) is 0 Å². The Kier molecular flexibility index (Phi) is 6.11. The van der Waals surface area contributed by atoms with Crippen molar-refractivity contribution in [3.63, 3.8) is 0 Å². The molecule has 0 fully saturated rings. The predicted molar refractivity (Wildman–Crippen MR) is 243 cm³/mol. The van der Waals surface area contributed by atoms with E-state index >= 15 is 0 Å². The smallest absolute Gasteiger partial charge is 0.135 e. The highest BCUT2D eigenvalue weighted by molar-refractivity contribution is 7.27. The highest BCUT2D eigenvalue weighted by Crippen LogP contribution is 2.46. The van der Waals surface area contributed by atoms with E-state index in [4.69, 9.17) is 4.42 Å². The van der Waals surface area contributed by atoms with Gasteiger partial charge in [-0.25, -0.2) is 0 Å². The molecule has 0 bridgehead atoms. The van der Waals surface area contributed by atoms with Crippen LogP contribution in [0.4, 0.5) is 0 Å². The number of fused-ring (bicyclic) bond motifs is 16. The van der Waals surface area contributed by atoms with E-state index in [1.54, 1.807) is 0 Å². The fraction of sp³-hybridized carbons (Fsp3) is 0. The van der Waals surface area contributed by atoms with Crippen molar-refractivity contribution in [2.24, 2.45) is 0 Å². The molecule has 13 rings (SSSR count). The van der Waals surface area contributed by atoms with Crippen molar-refractivity contribution >= 4 is 118 Å².